The molecule has 0 amide bonds. The Bertz CT molecular complexity index is 327. The Kier molecular flexibility index (Phi) is 5.87. The maximum Gasteiger partial charge on any atom is 0.104 e. The van der Waals surface area contributed by atoms with Gasteiger partial charge in [-0.1, -0.05) is 41.6 Å². The quantitative estimate of drug-likeness (QED) is 0.381. The van der Waals surface area contributed by atoms with Crippen LogP contribution in [0.1, 0.15) is 6.42 Å². The minimum Gasteiger partial charge on any atom is -0.388 e. The van der Waals surface area contributed by atoms with E-state index in [1.807, 2.05) is 0 Å². The maximum absolute atomic E-state index is 5.58. The molecule has 2 rings (SSSR count). The summed E-state index contributed by atoms with van der Waals surface area (Å²) in [6.45, 7) is 2.49. The van der Waals surface area contributed by atoms with Crippen molar-refractivity contribution in [3.8, 4) is 0 Å². The highest BCUT2D eigenvalue weighted by atomic mass is 28.3. The summed E-state index contributed by atoms with van der Waals surface area (Å²) in [6.07, 6.45) is 2.42. The van der Waals surface area contributed by atoms with Gasteiger partial charge in [0, 0.05) is 19.9 Å². The van der Waals surface area contributed by atoms with Gasteiger partial charge in [-0.05, 0) is 6.42 Å². The van der Waals surface area contributed by atoms with Gasteiger partial charge < -0.3 is 14.2 Å². The fourth-order valence-electron chi connectivity index (χ4n) is 2.08. The van der Waals surface area contributed by atoms with Gasteiger partial charge in [-0.25, -0.2) is 0 Å². The molecule has 0 aromatic heterocycles. The number of epoxide rings is 1. The Balaban J connectivity index is 1.68. The molecule has 1 aromatic rings. The number of methoxy groups -OCH3 is 1. The minimum absolute atomic E-state index is 0.381. The summed E-state index contributed by atoms with van der Waals surface area (Å²) in [4.78, 5) is 0. The lowest BCUT2D eigenvalue weighted by Crippen LogP contribution is -2.35. The molecule has 0 spiro atoms. The molecule has 1 aliphatic heterocycles. The first-order chi connectivity index (χ1) is 8.90. The average Bonchev–Trinajstić information content (AvgIpc) is 3.22. The highest BCUT2D eigenvalue weighted by molar-refractivity contribution is 6.73. The second-order valence-electron chi connectivity index (χ2n) is 4.74. The largest absolute Gasteiger partial charge is 0.388 e. The molecule has 1 heterocycles. The molecule has 1 fully saturated rings. The molecule has 0 saturated carbocycles. The molecule has 100 valence electrons. The Labute approximate surface area is 111 Å². The van der Waals surface area contributed by atoms with Crippen molar-refractivity contribution in [3.63, 3.8) is 0 Å². The number of benzene rings is 1. The molecule has 0 N–H and O–H groups in total. The van der Waals surface area contributed by atoms with Crippen molar-refractivity contribution in [2.24, 2.45) is 0 Å². The molecule has 18 heavy (non-hydrogen) atoms. The topological polar surface area (TPSA) is 31.0 Å². The van der Waals surface area contributed by atoms with E-state index < -0.39 is 8.80 Å². The lowest BCUT2D eigenvalue weighted by atomic mass is 10.4. The average molecular weight is 266 g/mol. The summed E-state index contributed by atoms with van der Waals surface area (Å²) < 4.78 is 16.1. The molecule has 0 aliphatic carbocycles. The van der Waals surface area contributed by atoms with Crippen LogP contribution in [-0.2, 0) is 14.2 Å². The fraction of sp³-hybridized carbons (Fsp3) is 0.571. The van der Waals surface area contributed by atoms with E-state index in [0.29, 0.717) is 6.10 Å². The van der Waals surface area contributed by atoms with Crippen molar-refractivity contribution in [1.29, 1.82) is 0 Å². The van der Waals surface area contributed by atoms with Gasteiger partial charge in [-0.15, -0.1) is 0 Å². The van der Waals surface area contributed by atoms with Crippen LogP contribution in [0.4, 0.5) is 0 Å². The smallest absolute Gasteiger partial charge is 0.104 e. The van der Waals surface area contributed by atoms with Crippen molar-refractivity contribution in [3.05, 3.63) is 30.3 Å². The molecule has 0 bridgehead atoms. The lowest BCUT2D eigenvalue weighted by molar-refractivity contribution is 0.117. The van der Waals surface area contributed by atoms with Crippen molar-refractivity contribution >= 4 is 14.0 Å². The molecule has 1 aromatic carbocycles. The van der Waals surface area contributed by atoms with Gasteiger partial charge in [0.25, 0.3) is 0 Å². The third-order valence-corrected chi connectivity index (χ3v) is 6.35. The van der Waals surface area contributed by atoms with Crippen LogP contribution < -0.4 is 5.19 Å². The summed E-state index contributed by atoms with van der Waals surface area (Å²) in [7, 11) is 0.818. The van der Waals surface area contributed by atoms with E-state index >= 15 is 0 Å². The number of rotatable bonds is 9. The number of hydrogen-bond acceptors (Lipinski definition) is 3. The number of hydrogen-bond donors (Lipinski definition) is 0. The van der Waals surface area contributed by atoms with E-state index in [1.165, 1.54) is 11.2 Å². The van der Waals surface area contributed by atoms with Crippen LogP contribution >= 0.6 is 0 Å². The molecule has 2 atom stereocenters. The molecule has 2 unspecified atom stereocenters. The van der Waals surface area contributed by atoms with E-state index in [-0.39, 0.29) is 0 Å². The molecule has 1 aliphatic rings. The van der Waals surface area contributed by atoms with Gasteiger partial charge in [-0.2, -0.15) is 0 Å². The van der Waals surface area contributed by atoms with E-state index in [2.05, 4.69) is 30.3 Å². The second-order valence-corrected chi connectivity index (χ2v) is 7.71. The Morgan fingerprint density at radius 1 is 1.33 bits per heavy atom. The van der Waals surface area contributed by atoms with Crippen LogP contribution in [-0.4, -0.2) is 48.1 Å². The Hall–Kier alpha value is -0.683. The summed E-state index contributed by atoms with van der Waals surface area (Å²) in [5.74, 6) is 0. The van der Waals surface area contributed by atoms with Gasteiger partial charge in [0.05, 0.1) is 13.2 Å². The lowest BCUT2D eigenvalue weighted by Gasteiger charge is -2.14. The predicted molar refractivity (Wildman–Crippen MR) is 75.1 cm³/mol. The highest BCUT2D eigenvalue weighted by Gasteiger charge is 2.22. The van der Waals surface area contributed by atoms with E-state index in [4.69, 9.17) is 14.2 Å². The SMILES string of the molecule is COC[SiH](CCCOCC1CO1)c1ccccc1. The van der Waals surface area contributed by atoms with Gasteiger partial charge in [0.2, 0.25) is 0 Å². The summed E-state index contributed by atoms with van der Waals surface area (Å²) in [5, 5.41) is 1.49. The highest BCUT2D eigenvalue weighted by Crippen LogP contribution is 2.09. The molecule has 0 radical (unpaired) electrons. The maximum atomic E-state index is 5.58. The normalized spacial score (nSPS) is 19.7. The monoisotopic (exact) mass is 266 g/mol. The second kappa shape index (κ2) is 7.69. The molecular weight excluding hydrogens is 244 g/mol. The molecular formula is C14H22O3Si. The van der Waals surface area contributed by atoms with Crippen molar-refractivity contribution < 1.29 is 14.2 Å². The van der Waals surface area contributed by atoms with E-state index in [1.54, 1.807) is 7.11 Å². The van der Waals surface area contributed by atoms with Gasteiger partial charge in [0.1, 0.15) is 14.9 Å². The third-order valence-electron chi connectivity index (χ3n) is 3.19. The van der Waals surface area contributed by atoms with Crippen molar-refractivity contribution in [2.45, 2.75) is 18.6 Å². The van der Waals surface area contributed by atoms with Crippen molar-refractivity contribution in [2.75, 3.05) is 33.2 Å². The standard InChI is InChI=1S/C14H22O3Si/c1-15-12-18(14-6-3-2-4-7-14)9-5-8-16-10-13-11-17-13/h2-4,6-7,13,18H,5,8-12H2,1H3. The first-order valence-corrected chi connectivity index (χ1v) is 8.84. The first-order valence-electron chi connectivity index (χ1n) is 6.63. The molecule has 4 heteroatoms. The zero-order chi connectivity index (χ0) is 12.6. The summed E-state index contributed by atoms with van der Waals surface area (Å²) in [6, 6.07) is 12.0. The predicted octanol–water partition coefficient (Wildman–Crippen LogP) is 1.11. The Morgan fingerprint density at radius 3 is 2.78 bits per heavy atom. The Morgan fingerprint density at radius 2 is 2.11 bits per heavy atom. The van der Waals surface area contributed by atoms with Crippen LogP contribution in [0.3, 0.4) is 0 Å². The summed E-state index contributed by atoms with van der Waals surface area (Å²) >= 11 is 0. The fourth-order valence-corrected chi connectivity index (χ4v) is 4.60. The van der Waals surface area contributed by atoms with Gasteiger partial charge >= 0.3 is 0 Å². The van der Waals surface area contributed by atoms with Crippen LogP contribution in [0, 0.1) is 0 Å². The van der Waals surface area contributed by atoms with E-state index in [0.717, 1.165) is 32.5 Å². The van der Waals surface area contributed by atoms with Crippen molar-refractivity contribution in [1.82, 2.24) is 0 Å². The number of ether oxygens (including phenoxy) is 3. The van der Waals surface area contributed by atoms with Gasteiger partial charge in [-0.3, -0.25) is 0 Å². The van der Waals surface area contributed by atoms with Crippen LogP contribution in [0.25, 0.3) is 0 Å². The summed E-state index contributed by atoms with van der Waals surface area (Å²) in [5.41, 5.74) is 0. The zero-order valence-electron chi connectivity index (χ0n) is 11.0. The minimum atomic E-state index is -0.977. The van der Waals surface area contributed by atoms with Gasteiger partial charge in [0.15, 0.2) is 0 Å². The van der Waals surface area contributed by atoms with Crippen LogP contribution in [0.15, 0.2) is 30.3 Å². The zero-order valence-corrected chi connectivity index (χ0v) is 12.2. The van der Waals surface area contributed by atoms with Crippen LogP contribution in [0.5, 0.6) is 0 Å². The third kappa shape index (κ3) is 4.90. The van der Waals surface area contributed by atoms with Crippen LogP contribution in [0.2, 0.25) is 6.04 Å². The van der Waals surface area contributed by atoms with E-state index in [9.17, 15) is 0 Å². The molecule has 3 nitrogen and oxygen atoms in total. The molecule has 1 saturated heterocycles. The first kappa shape index (κ1) is 13.7.